The second-order valence-corrected chi connectivity index (χ2v) is 10.0. The van der Waals surface area contributed by atoms with Gasteiger partial charge in [-0.2, -0.15) is 4.31 Å². The van der Waals surface area contributed by atoms with Gasteiger partial charge in [-0.3, -0.25) is 4.79 Å². The number of hydrogen-bond acceptors (Lipinski definition) is 4. The molecule has 168 valence electrons. The molecule has 0 radical (unpaired) electrons. The van der Waals surface area contributed by atoms with Gasteiger partial charge in [0, 0.05) is 5.02 Å². The maximum atomic E-state index is 13.6. The Bertz CT molecular complexity index is 1250. The summed E-state index contributed by atoms with van der Waals surface area (Å²) < 4.78 is 34.0. The van der Waals surface area contributed by atoms with Crippen LogP contribution in [0.2, 0.25) is 5.02 Å². The minimum absolute atomic E-state index is 0.0345. The summed E-state index contributed by atoms with van der Waals surface area (Å²) in [5.41, 5.74) is 3.55. The van der Waals surface area contributed by atoms with E-state index in [1.165, 1.54) is 12.1 Å². The third-order valence-corrected chi connectivity index (χ3v) is 7.30. The van der Waals surface area contributed by atoms with Crippen LogP contribution in [-0.4, -0.2) is 20.4 Å². The van der Waals surface area contributed by atoms with E-state index in [4.69, 9.17) is 16.3 Å². The Balaban J connectivity index is 2.08. The number of anilines is 1. The Morgan fingerprint density at radius 3 is 2.22 bits per heavy atom. The Labute approximate surface area is 194 Å². The fraction of sp³-hybridized carbons (Fsp3) is 0.240. The minimum atomic E-state index is -4.18. The van der Waals surface area contributed by atoms with Gasteiger partial charge in [0.05, 0.1) is 10.6 Å². The van der Waals surface area contributed by atoms with Crippen molar-refractivity contribution in [3.05, 3.63) is 87.9 Å². The predicted molar refractivity (Wildman–Crippen MR) is 128 cm³/mol. The zero-order valence-corrected chi connectivity index (χ0v) is 20.3. The number of carbonyl (C=O) groups is 1. The van der Waals surface area contributed by atoms with Gasteiger partial charge in [-0.15, -0.1) is 0 Å². The molecular weight excluding hydrogens is 446 g/mol. The summed E-state index contributed by atoms with van der Waals surface area (Å²) in [5.74, 6) is -0.225. The van der Waals surface area contributed by atoms with Gasteiger partial charge >= 0.3 is 0 Å². The second-order valence-electron chi connectivity index (χ2n) is 7.81. The summed E-state index contributed by atoms with van der Waals surface area (Å²) in [6, 6.07) is 16.7. The smallest absolute Gasteiger partial charge is 0.281 e. The number of aryl methyl sites for hydroxylation is 3. The molecule has 0 aliphatic heterocycles. The van der Waals surface area contributed by atoms with Crippen molar-refractivity contribution in [3.8, 4) is 5.75 Å². The summed E-state index contributed by atoms with van der Waals surface area (Å²) >= 11 is 6.01. The zero-order chi connectivity index (χ0) is 23.6. The van der Waals surface area contributed by atoms with E-state index >= 15 is 0 Å². The molecule has 7 heteroatoms. The number of halogens is 1. The normalized spacial score (nSPS) is 12.3. The molecule has 0 fully saturated rings. The molecule has 0 aliphatic rings. The highest BCUT2D eigenvalue weighted by molar-refractivity contribution is 7.93. The van der Waals surface area contributed by atoms with E-state index in [9.17, 15) is 13.2 Å². The largest absolute Gasteiger partial charge is 0.481 e. The molecule has 3 aromatic carbocycles. The van der Waals surface area contributed by atoms with Gasteiger partial charge in [-0.25, -0.2) is 8.42 Å². The van der Waals surface area contributed by atoms with Crippen molar-refractivity contribution < 1.29 is 17.9 Å². The second kappa shape index (κ2) is 9.35. The molecule has 0 bridgehead atoms. The molecule has 0 aliphatic carbocycles. The van der Waals surface area contributed by atoms with Crippen LogP contribution in [0, 0.1) is 27.7 Å². The SMILES string of the molecule is Cc1ccc(S(=O)(=O)N(C(=O)C(C)Oc2ccc(Cl)cc2C)c2cccc(C)c2C)cc1. The van der Waals surface area contributed by atoms with Crippen molar-refractivity contribution in [1.29, 1.82) is 0 Å². The van der Waals surface area contributed by atoms with Gasteiger partial charge in [0.25, 0.3) is 15.9 Å². The number of hydrogen-bond donors (Lipinski definition) is 0. The van der Waals surface area contributed by atoms with Gasteiger partial charge < -0.3 is 4.74 Å². The van der Waals surface area contributed by atoms with E-state index in [0.29, 0.717) is 22.0 Å². The molecule has 1 unspecified atom stereocenters. The van der Waals surface area contributed by atoms with E-state index < -0.39 is 22.0 Å². The van der Waals surface area contributed by atoms with Crippen LogP contribution in [0.25, 0.3) is 0 Å². The number of nitrogens with zero attached hydrogens (tertiary/aromatic N) is 1. The van der Waals surface area contributed by atoms with Gasteiger partial charge in [0.1, 0.15) is 5.75 Å². The lowest BCUT2D eigenvalue weighted by Crippen LogP contribution is -2.44. The van der Waals surface area contributed by atoms with Crippen molar-refractivity contribution in [2.24, 2.45) is 0 Å². The van der Waals surface area contributed by atoms with Crippen LogP contribution in [0.3, 0.4) is 0 Å². The molecular formula is C25H26ClNO4S. The van der Waals surface area contributed by atoms with Crippen LogP contribution in [0.1, 0.15) is 29.2 Å². The summed E-state index contributed by atoms with van der Waals surface area (Å²) in [7, 11) is -4.18. The van der Waals surface area contributed by atoms with Gasteiger partial charge in [0.2, 0.25) is 0 Å². The molecule has 0 N–H and O–H groups in total. The Hall–Kier alpha value is -2.83. The van der Waals surface area contributed by atoms with E-state index in [-0.39, 0.29) is 4.90 Å². The van der Waals surface area contributed by atoms with Crippen LogP contribution >= 0.6 is 11.6 Å². The van der Waals surface area contributed by atoms with Crippen LogP contribution in [-0.2, 0) is 14.8 Å². The minimum Gasteiger partial charge on any atom is -0.481 e. The van der Waals surface area contributed by atoms with E-state index in [0.717, 1.165) is 21.0 Å². The van der Waals surface area contributed by atoms with Crippen molar-refractivity contribution in [2.75, 3.05) is 4.31 Å². The molecule has 32 heavy (non-hydrogen) atoms. The number of carbonyl (C=O) groups excluding carboxylic acids is 1. The van der Waals surface area contributed by atoms with E-state index in [1.54, 1.807) is 56.3 Å². The summed E-state index contributed by atoms with van der Waals surface area (Å²) in [4.78, 5) is 13.6. The van der Waals surface area contributed by atoms with Crippen LogP contribution in [0.5, 0.6) is 5.75 Å². The van der Waals surface area contributed by atoms with Crippen molar-refractivity contribution in [1.82, 2.24) is 0 Å². The average molecular weight is 472 g/mol. The molecule has 0 aromatic heterocycles. The summed E-state index contributed by atoms with van der Waals surface area (Å²) in [6.45, 7) is 8.89. The Morgan fingerprint density at radius 2 is 1.59 bits per heavy atom. The van der Waals surface area contributed by atoms with Crippen molar-refractivity contribution >= 4 is 33.2 Å². The highest BCUT2D eigenvalue weighted by atomic mass is 35.5. The van der Waals surface area contributed by atoms with E-state index in [2.05, 4.69) is 0 Å². The third-order valence-electron chi connectivity index (χ3n) is 5.34. The van der Waals surface area contributed by atoms with Crippen molar-refractivity contribution in [2.45, 2.75) is 45.6 Å². The Kier molecular flexibility index (Phi) is 6.96. The molecule has 0 heterocycles. The zero-order valence-electron chi connectivity index (χ0n) is 18.7. The van der Waals surface area contributed by atoms with E-state index in [1.807, 2.05) is 26.8 Å². The molecule has 0 saturated heterocycles. The summed E-state index contributed by atoms with van der Waals surface area (Å²) in [6.07, 6.45) is -1.06. The topological polar surface area (TPSA) is 63.7 Å². The van der Waals surface area contributed by atoms with Crippen LogP contribution < -0.4 is 9.04 Å². The highest BCUT2D eigenvalue weighted by Crippen LogP contribution is 2.31. The molecule has 1 atom stereocenters. The molecule has 0 spiro atoms. The monoisotopic (exact) mass is 471 g/mol. The summed E-state index contributed by atoms with van der Waals surface area (Å²) in [5, 5.41) is 0.549. The molecule has 1 amide bonds. The third kappa shape index (κ3) is 4.81. The molecule has 0 saturated carbocycles. The lowest BCUT2D eigenvalue weighted by Gasteiger charge is -2.28. The van der Waals surface area contributed by atoms with Crippen LogP contribution in [0.4, 0.5) is 5.69 Å². The maximum absolute atomic E-state index is 13.6. The number of amides is 1. The molecule has 3 aromatic rings. The number of benzene rings is 3. The first-order chi connectivity index (χ1) is 15.0. The first kappa shape index (κ1) is 23.8. The first-order valence-corrected chi connectivity index (χ1v) is 12.0. The standard InChI is InChI=1S/C25H26ClNO4S/c1-16-9-12-22(13-10-16)32(29,30)27(23-8-6-7-17(2)19(23)4)25(28)20(5)31-24-14-11-21(26)15-18(24)3/h6-15,20H,1-5H3. The van der Waals surface area contributed by atoms with Crippen molar-refractivity contribution in [3.63, 3.8) is 0 Å². The highest BCUT2D eigenvalue weighted by Gasteiger charge is 2.36. The number of ether oxygens (including phenoxy) is 1. The maximum Gasteiger partial charge on any atom is 0.281 e. The quantitative estimate of drug-likeness (QED) is 0.458. The Morgan fingerprint density at radius 1 is 0.938 bits per heavy atom. The first-order valence-electron chi connectivity index (χ1n) is 10.2. The fourth-order valence-corrected chi connectivity index (χ4v) is 5.05. The number of rotatable bonds is 6. The van der Waals surface area contributed by atoms with Crippen LogP contribution in [0.15, 0.2) is 65.6 Å². The molecule has 3 rings (SSSR count). The fourth-order valence-electron chi connectivity index (χ4n) is 3.29. The van der Waals surface area contributed by atoms with Gasteiger partial charge in [-0.05, 0) is 87.7 Å². The predicted octanol–water partition coefficient (Wildman–Crippen LogP) is 5.76. The molecule has 5 nitrogen and oxygen atoms in total. The van der Waals surface area contributed by atoms with Gasteiger partial charge in [-0.1, -0.05) is 41.4 Å². The lowest BCUT2D eigenvalue weighted by atomic mass is 10.1. The lowest BCUT2D eigenvalue weighted by molar-refractivity contribution is -0.123. The average Bonchev–Trinajstić information content (AvgIpc) is 2.73. The number of sulfonamides is 1. The van der Waals surface area contributed by atoms with Gasteiger partial charge in [0.15, 0.2) is 6.10 Å².